The molecule has 0 saturated heterocycles. The van der Waals surface area contributed by atoms with Crippen molar-refractivity contribution in [2.75, 3.05) is 40.0 Å². The number of hydrogen-bond acceptors (Lipinski definition) is 5. The lowest BCUT2D eigenvalue weighted by Crippen LogP contribution is -2.31. The standard InChI is InChI=1S/C23H26N4O2/c1-27(2)12-11-25-23(28)18-6-4-5-17(13-18)19-14-21(22(24)26-15-19)16-7-9-20(29-3)10-8-16/h4-10,13-15H,11-12H2,1-3H3,(H2,24,26)(H,25,28). The van der Waals surface area contributed by atoms with Crippen LogP contribution in [0.2, 0.25) is 0 Å². The minimum Gasteiger partial charge on any atom is -0.497 e. The van der Waals surface area contributed by atoms with Gasteiger partial charge in [-0.3, -0.25) is 4.79 Å². The minimum absolute atomic E-state index is 0.0903. The van der Waals surface area contributed by atoms with Gasteiger partial charge in [-0.05, 0) is 55.6 Å². The number of anilines is 1. The van der Waals surface area contributed by atoms with Crippen LogP contribution in [-0.2, 0) is 0 Å². The van der Waals surface area contributed by atoms with E-state index < -0.39 is 0 Å². The highest BCUT2D eigenvalue weighted by atomic mass is 16.5. The maximum Gasteiger partial charge on any atom is 0.251 e. The van der Waals surface area contributed by atoms with E-state index in [0.29, 0.717) is 17.9 Å². The van der Waals surface area contributed by atoms with Crippen LogP contribution in [0.15, 0.2) is 60.8 Å². The van der Waals surface area contributed by atoms with Gasteiger partial charge in [0, 0.05) is 36.0 Å². The molecule has 3 aromatic rings. The lowest BCUT2D eigenvalue weighted by molar-refractivity contribution is 0.0951. The van der Waals surface area contributed by atoms with Crippen molar-refractivity contribution in [3.8, 4) is 28.0 Å². The van der Waals surface area contributed by atoms with Crippen LogP contribution >= 0.6 is 0 Å². The molecule has 0 spiro atoms. The predicted molar refractivity (Wildman–Crippen MR) is 117 cm³/mol. The third kappa shape index (κ3) is 5.12. The predicted octanol–water partition coefficient (Wildman–Crippen LogP) is 3.30. The summed E-state index contributed by atoms with van der Waals surface area (Å²) in [7, 11) is 5.58. The second-order valence-corrected chi connectivity index (χ2v) is 7.03. The number of ether oxygens (including phenoxy) is 1. The van der Waals surface area contributed by atoms with Crippen LogP contribution in [0.3, 0.4) is 0 Å². The first-order valence-electron chi connectivity index (χ1n) is 9.41. The highest BCUT2D eigenvalue weighted by Gasteiger charge is 2.10. The number of likely N-dealkylation sites (N-methyl/N-ethyl adjacent to an activating group) is 1. The van der Waals surface area contributed by atoms with E-state index in [-0.39, 0.29) is 5.91 Å². The Kier molecular flexibility index (Phi) is 6.46. The van der Waals surface area contributed by atoms with Gasteiger partial charge in [0.2, 0.25) is 0 Å². The van der Waals surface area contributed by atoms with Crippen LogP contribution in [0.1, 0.15) is 10.4 Å². The van der Waals surface area contributed by atoms with Crippen LogP contribution in [0.4, 0.5) is 5.82 Å². The molecule has 0 aliphatic carbocycles. The van der Waals surface area contributed by atoms with Crippen LogP contribution in [-0.4, -0.2) is 50.1 Å². The summed E-state index contributed by atoms with van der Waals surface area (Å²) in [4.78, 5) is 18.8. The zero-order valence-corrected chi connectivity index (χ0v) is 17.0. The third-order valence-corrected chi connectivity index (χ3v) is 4.62. The summed E-state index contributed by atoms with van der Waals surface area (Å²) in [6, 6.07) is 17.2. The third-order valence-electron chi connectivity index (χ3n) is 4.62. The number of carbonyl (C=O) groups excluding carboxylic acids is 1. The van der Waals surface area contributed by atoms with Crippen LogP contribution in [0.5, 0.6) is 5.75 Å². The van der Waals surface area contributed by atoms with Crippen molar-refractivity contribution in [3.63, 3.8) is 0 Å². The Bertz CT molecular complexity index is 984. The van der Waals surface area contributed by atoms with E-state index in [4.69, 9.17) is 10.5 Å². The first kappa shape index (κ1) is 20.4. The number of rotatable bonds is 7. The van der Waals surface area contributed by atoms with Crippen molar-refractivity contribution in [1.29, 1.82) is 0 Å². The van der Waals surface area contributed by atoms with Gasteiger partial charge in [-0.1, -0.05) is 24.3 Å². The fourth-order valence-corrected chi connectivity index (χ4v) is 2.97. The number of nitrogens with one attached hydrogen (secondary N) is 1. The SMILES string of the molecule is COc1ccc(-c2cc(-c3cccc(C(=O)NCCN(C)C)c3)cnc2N)cc1. The van der Waals surface area contributed by atoms with E-state index >= 15 is 0 Å². The first-order valence-corrected chi connectivity index (χ1v) is 9.41. The quantitative estimate of drug-likeness (QED) is 0.647. The fraction of sp³-hybridized carbons (Fsp3) is 0.217. The fourth-order valence-electron chi connectivity index (χ4n) is 2.97. The molecule has 0 aliphatic rings. The van der Waals surface area contributed by atoms with Gasteiger partial charge in [0.05, 0.1) is 7.11 Å². The molecule has 1 heterocycles. The van der Waals surface area contributed by atoms with E-state index in [9.17, 15) is 4.79 Å². The minimum atomic E-state index is -0.0903. The summed E-state index contributed by atoms with van der Waals surface area (Å²) in [5, 5.41) is 2.94. The molecule has 150 valence electrons. The second kappa shape index (κ2) is 9.21. The van der Waals surface area contributed by atoms with E-state index in [1.165, 1.54) is 0 Å². The number of nitrogens with zero attached hydrogens (tertiary/aromatic N) is 2. The number of methoxy groups -OCH3 is 1. The van der Waals surface area contributed by atoms with Crippen molar-refractivity contribution in [2.45, 2.75) is 0 Å². The monoisotopic (exact) mass is 390 g/mol. The average molecular weight is 390 g/mol. The van der Waals surface area contributed by atoms with Crippen molar-refractivity contribution in [3.05, 3.63) is 66.4 Å². The largest absolute Gasteiger partial charge is 0.497 e. The molecule has 0 saturated carbocycles. The summed E-state index contributed by atoms with van der Waals surface area (Å²) < 4.78 is 5.22. The maximum absolute atomic E-state index is 12.4. The van der Waals surface area contributed by atoms with Crippen LogP contribution < -0.4 is 15.8 Å². The molecule has 6 heteroatoms. The van der Waals surface area contributed by atoms with Crippen molar-refractivity contribution < 1.29 is 9.53 Å². The summed E-state index contributed by atoms with van der Waals surface area (Å²) in [5.74, 6) is 1.15. The Morgan fingerprint density at radius 1 is 1.07 bits per heavy atom. The van der Waals surface area contributed by atoms with Crippen LogP contribution in [0.25, 0.3) is 22.3 Å². The van der Waals surface area contributed by atoms with Gasteiger partial charge < -0.3 is 20.7 Å². The van der Waals surface area contributed by atoms with Gasteiger partial charge in [-0.15, -0.1) is 0 Å². The Morgan fingerprint density at radius 2 is 1.83 bits per heavy atom. The zero-order valence-electron chi connectivity index (χ0n) is 17.0. The van der Waals surface area contributed by atoms with E-state index in [0.717, 1.165) is 34.5 Å². The van der Waals surface area contributed by atoms with Gasteiger partial charge in [0.25, 0.3) is 5.91 Å². The van der Waals surface area contributed by atoms with Crippen molar-refractivity contribution >= 4 is 11.7 Å². The molecule has 0 unspecified atom stereocenters. The Labute approximate surface area is 171 Å². The van der Waals surface area contributed by atoms with Gasteiger partial charge in [-0.2, -0.15) is 0 Å². The molecule has 0 radical (unpaired) electrons. The molecule has 3 rings (SSSR count). The molecule has 3 N–H and O–H groups in total. The molecule has 0 fully saturated rings. The molecule has 1 amide bonds. The Hall–Kier alpha value is -3.38. The van der Waals surface area contributed by atoms with Gasteiger partial charge in [0.15, 0.2) is 0 Å². The smallest absolute Gasteiger partial charge is 0.251 e. The average Bonchev–Trinajstić information content (AvgIpc) is 2.74. The summed E-state index contributed by atoms with van der Waals surface area (Å²) in [6.07, 6.45) is 1.73. The molecule has 1 aromatic heterocycles. The van der Waals surface area contributed by atoms with Gasteiger partial charge in [-0.25, -0.2) is 4.98 Å². The zero-order chi connectivity index (χ0) is 20.8. The van der Waals surface area contributed by atoms with E-state index in [1.54, 1.807) is 13.3 Å². The number of pyridine rings is 1. The van der Waals surface area contributed by atoms with Crippen molar-refractivity contribution in [2.24, 2.45) is 0 Å². The highest BCUT2D eigenvalue weighted by molar-refractivity contribution is 5.95. The van der Waals surface area contributed by atoms with Crippen molar-refractivity contribution in [1.82, 2.24) is 15.2 Å². The Balaban J connectivity index is 1.86. The maximum atomic E-state index is 12.4. The summed E-state index contributed by atoms with van der Waals surface area (Å²) in [6.45, 7) is 1.39. The molecule has 0 aliphatic heterocycles. The molecule has 29 heavy (non-hydrogen) atoms. The van der Waals surface area contributed by atoms with E-state index in [2.05, 4.69) is 10.3 Å². The number of aromatic nitrogens is 1. The molecule has 0 bridgehead atoms. The molecule has 2 aromatic carbocycles. The highest BCUT2D eigenvalue weighted by Crippen LogP contribution is 2.30. The molecule has 6 nitrogen and oxygen atoms in total. The summed E-state index contributed by atoms with van der Waals surface area (Å²) in [5.41, 5.74) is 10.3. The number of amides is 1. The topological polar surface area (TPSA) is 80.5 Å². The van der Waals surface area contributed by atoms with Gasteiger partial charge >= 0.3 is 0 Å². The molecular formula is C23H26N4O2. The Morgan fingerprint density at radius 3 is 2.52 bits per heavy atom. The lowest BCUT2D eigenvalue weighted by Gasteiger charge is -2.12. The summed E-state index contributed by atoms with van der Waals surface area (Å²) >= 11 is 0. The normalized spacial score (nSPS) is 10.8. The first-order chi connectivity index (χ1) is 14.0. The number of benzene rings is 2. The lowest BCUT2D eigenvalue weighted by atomic mass is 9.99. The van der Waals surface area contributed by atoms with Crippen LogP contribution in [0, 0.1) is 0 Å². The number of carbonyl (C=O) groups is 1. The van der Waals surface area contributed by atoms with Gasteiger partial charge in [0.1, 0.15) is 11.6 Å². The number of hydrogen-bond donors (Lipinski definition) is 2. The number of nitrogens with two attached hydrogens (primary N) is 1. The molecule has 0 atom stereocenters. The van der Waals surface area contributed by atoms with E-state index in [1.807, 2.05) is 73.6 Å². The number of nitrogen functional groups attached to an aromatic ring is 1. The molecular weight excluding hydrogens is 364 g/mol. The second-order valence-electron chi connectivity index (χ2n) is 7.03.